The number of aryl methyl sites for hydroxylation is 1. The van der Waals surface area contributed by atoms with Crippen molar-refractivity contribution in [3.8, 4) is 0 Å². The van der Waals surface area contributed by atoms with Crippen LogP contribution in [-0.2, 0) is 13.0 Å². The minimum atomic E-state index is -0.407. The molecule has 1 aromatic heterocycles. The van der Waals surface area contributed by atoms with Crippen molar-refractivity contribution in [1.82, 2.24) is 14.5 Å². The molecule has 2 atom stereocenters. The molecule has 0 fully saturated rings. The second-order valence-corrected chi connectivity index (χ2v) is 4.95. The zero-order valence-electron chi connectivity index (χ0n) is 11.6. The average molecular weight is 239 g/mol. The SMILES string of the molecule is CCn1ccnc1CC(O)C(C)(CC)N(C)C. The van der Waals surface area contributed by atoms with Crippen molar-refractivity contribution in [1.29, 1.82) is 0 Å². The highest BCUT2D eigenvalue weighted by atomic mass is 16.3. The number of rotatable bonds is 6. The van der Waals surface area contributed by atoms with Crippen molar-refractivity contribution in [2.24, 2.45) is 0 Å². The van der Waals surface area contributed by atoms with Crippen molar-refractivity contribution >= 4 is 0 Å². The summed E-state index contributed by atoms with van der Waals surface area (Å²) in [4.78, 5) is 6.41. The molecular formula is C13H25N3O. The van der Waals surface area contributed by atoms with Crippen LogP contribution in [-0.4, -0.2) is 45.3 Å². The van der Waals surface area contributed by atoms with Gasteiger partial charge >= 0.3 is 0 Å². The van der Waals surface area contributed by atoms with Crippen molar-refractivity contribution < 1.29 is 5.11 Å². The summed E-state index contributed by atoms with van der Waals surface area (Å²) in [6.07, 6.45) is 4.86. The molecule has 0 radical (unpaired) electrons. The van der Waals surface area contributed by atoms with Gasteiger partial charge in [-0.2, -0.15) is 0 Å². The number of aromatic nitrogens is 2. The highest BCUT2D eigenvalue weighted by Crippen LogP contribution is 2.23. The zero-order valence-corrected chi connectivity index (χ0v) is 11.6. The number of imidazole rings is 1. The summed E-state index contributed by atoms with van der Waals surface area (Å²) in [5.74, 6) is 0.960. The molecule has 0 aliphatic rings. The molecule has 4 nitrogen and oxygen atoms in total. The molecule has 0 saturated carbocycles. The van der Waals surface area contributed by atoms with Crippen molar-refractivity contribution in [2.75, 3.05) is 14.1 Å². The van der Waals surface area contributed by atoms with E-state index in [1.807, 2.05) is 20.3 Å². The number of hydrogen-bond donors (Lipinski definition) is 1. The van der Waals surface area contributed by atoms with Gasteiger partial charge in [0.2, 0.25) is 0 Å². The number of hydrogen-bond acceptors (Lipinski definition) is 3. The lowest BCUT2D eigenvalue weighted by Crippen LogP contribution is -2.51. The molecule has 0 aliphatic carbocycles. The topological polar surface area (TPSA) is 41.3 Å². The summed E-state index contributed by atoms with van der Waals surface area (Å²) in [5.41, 5.74) is -0.204. The van der Waals surface area contributed by atoms with E-state index in [4.69, 9.17) is 0 Å². The van der Waals surface area contributed by atoms with Gasteiger partial charge < -0.3 is 14.6 Å². The molecular weight excluding hydrogens is 214 g/mol. The van der Waals surface area contributed by atoms with E-state index in [0.717, 1.165) is 18.8 Å². The molecule has 0 aliphatic heterocycles. The maximum absolute atomic E-state index is 10.4. The average Bonchev–Trinajstić information content (AvgIpc) is 2.74. The highest BCUT2D eigenvalue weighted by Gasteiger charge is 2.34. The molecule has 17 heavy (non-hydrogen) atoms. The van der Waals surface area contributed by atoms with Gasteiger partial charge in [0.15, 0.2) is 0 Å². The van der Waals surface area contributed by atoms with Crippen LogP contribution in [0.1, 0.15) is 33.0 Å². The Labute approximate surface area is 104 Å². The first kappa shape index (κ1) is 14.2. The third kappa shape index (κ3) is 2.87. The second-order valence-electron chi connectivity index (χ2n) is 4.95. The van der Waals surface area contributed by atoms with Crippen LogP contribution in [0, 0.1) is 0 Å². The molecule has 0 bridgehead atoms. The van der Waals surface area contributed by atoms with Gasteiger partial charge in [0, 0.05) is 30.9 Å². The van der Waals surface area contributed by atoms with E-state index in [-0.39, 0.29) is 5.54 Å². The van der Waals surface area contributed by atoms with Crippen LogP contribution in [0.4, 0.5) is 0 Å². The van der Waals surface area contributed by atoms with Gasteiger partial charge in [0.25, 0.3) is 0 Å². The normalized spacial score (nSPS) is 17.1. The fraction of sp³-hybridized carbons (Fsp3) is 0.769. The maximum atomic E-state index is 10.4. The van der Waals surface area contributed by atoms with E-state index >= 15 is 0 Å². The number of likely N-dealkylation sites (N-methyl/N-ethyl adjacent to an activating group) is 1. The molecule has 0 saturated heterocycles. The maximum Gasteiger partial charge on any atom is 0.111 e. The Morgan fingerprint density at radius 2 is 2.12 bits per heavy atom. The molecule has 1 rings (SSSR count). The summed E-state index contributed by atoms with van der Waals surface area (Å²) in [7, 11) is 4.03. The molecule has 98 valence electrons. The minimum absolute atomic E-state index is 0.204. The number of aliphatic hydroxyl groups is 1. The van der Waals surface area contributed by atoms with Crippen LogP contribution in [0.3, 0.4) is 0 Å². The minimum Gasteiger partial charge on any atom is -0.391 e. The van der Waals surface area contributed by atoms with Crippen LogP contribution < -0.4 is 0 Å². The standard InChI is InChI=1S/C13H25N3O/c1-6-13(3,15(4)5)11(17)10-12-14-8-9-16(12)7-2/h8-9,11,17H,6-7,10H2,1-5H3. The predicted octanol–water partition coefficient (Wildman–Crippen LogP) is 1.54. The summed E-state index contributed by atoms with van der Waals surface area (Å²) >= 11 is 0. The van der Waals surface area contributed by atoms with Crippen LogP contribution in [0.5, 0.6) is 0 Å². The number of aliphatic hydroxyl groups excluding tert-OH is 1. The monoisotopic (exact) mass is 239 g/mol. The van der Waals surface area contributed by atoms with Gasteiger partial charge in [0.1, 0.15) is 5.82 Å². The van der Waals surface area contributed by atoms with Crippen LogP contribution in [0.2, 0.25) is 0 Å². The van der Waals surface area contributed by atoms with E-state index < -0.39 is 6.10 Å². The quantitative estimate of drug-likeness (QED) is 0.818. The Kier molecular flexibility index (Phi) is 4.71. The first-order valence-electron chi connectivity index (χ1n) is 6.31. The summed E-state index contributed by atoms with van der Waals surface area (Å²) in [5, 5.41) is 10.4. The Hall–Kier alpha value is -0.870. The third-order valence-electron chi connectivity index (χ3n) is 3.97. The van der Waals surface area contributed by atoms with Crippen molar-refractivity contribution in [3.05, 3.63) is 18.2 Å². The zero-order chi connectivity index (χ0) is 13.1. The summed E-state index contributed by atoms with van der Waals surface area (Å²) in [6, 6.07) is 0. The van der Waals surface area contributed by atoms with Crippen LogP contribution >= 0.6 is 0 Å². The summed E-state index contributed by atoms with van der Waals surface area (Å²) < 4.78 is 2.08. The molecule has 1 aromatic rings. The van der Waals surface area contributed by atoms with Crippen molar-refractivity contribution in [3.63, 3.8) is 0 Å². The van der Waals surface area contributed by atoms with Crippen molar-refractivity contribution in [2.45, 2.75) is 51.8 Å². The Balaban J connectivity index is 2.81. The van der Waals surface area contributed by atoms with E-state index in [1.165, 1.54) is 0 Å². The molecule has 1 N–H and O–H groups in total. The lowest BCUT2D eigenvalue weighted by Gasteiger charge is -2.39. The van der Waals surface area contributed by atoms with E-state index in [0.29, 0.717) is 6.42 Å². The highest BCUT2D eigenvalue weighted by molar-refractivity contribution is 5.00. The Bertz CT molecular complexity index is 348. The molecule has 0 aromatic carbocycles. The third-order valence-corrected chi connectivity index (χ3v) is 3.97. The fourth-order valence-corrected chi connectivity index (χ4v) is 2.06. The van der Waals surface area contributed by atoms with Gasteiger partial charge in [-0.1, -0.05) is 6.92 Å². The second kappa shape index (κ2) is 5.65. The largest absolute Gasteiger partial charge is 0.391 e. The lowest BCUT2D eigenvalue weighted by molar-refractivity contribution is 0.00147. The van der Waals surface area contributed by atoms with Gasteiger partial charge in [0.05, 0.1) is 6.10 Å². The van der Waals surface area contributed by atoms with E-state index in [1.54, 1.807) is 6.20 Å². The predicted molar refractivity (Wildman–Crippen MR) is 70.0 cm³/mol. The first-order valence-corrected chi connectivity index (χ1v) is 6.31. The summed E-state index contributed by atoms with van der Waals surface area (Å²) in [6.45, 7) is 7.18. The smallest absolute Gasteiger partial charge is 0.111 e. The van der Waals surface area contributed by atoms with E-state index in [2.05, 4.69) is 35.2 Å². The van der Waals surface area contributed by atoms with Crippen LogP contribution in [0.25, 0.3) is 0 Å². The van der Waals surface area contributed by atoms with Crippen LogP contribution in [0.15, 0.2) is 12.4 Å². The molecule has 0 spiro atoms. The van der Waals surface area contributed by atoms with E-state index in [9.17, 15) is 5.11 Å². The first-order chi connectivity index (χ1) is 7.95. The Morgan fingerprint density at radius 3 is 2.59 bits per heavy atom. The molecule has 0 amide bonds. The lowest BCUT2D eigenvalue weighted by atomic mass is 9.88. The van der Waals surface area contributed by atoms with Gasteiger partial charge in [-0.25, -0.2) is 4.98 Å². The van der Waals surface area contributed by atoms with Gasteiger partial charge in [-0.3, -0.25) is 0 Å². The Morgan fingerprint density at radius 1 is 1.47 bits per heavy atom. The number of nitrogens with zero attached hydrogens (tertiary/aromatic N) is 3. The molecule has 1 heterocycles. The molecule has 2 unspecified atom stereocenters. The van der Waals surface area contributed by atoms with Gasteiger partial charge in [-0.05, 0) is 34.4 Å². The van der Waals surface area contributed by atoms with Gasteiger partial charge in [-0.15, -0.1) is 0 Å². The molecule has 4 heteroatoms. The fourth-order valence-electron chi connectivity index (χ4n) is 2.06.